The van der Waals surface area contributed by atoms with Crippen molar-refractivity contribution in [3.63, 3.8) is 0 Å². The van der Waals surface area contributed by atoms with Crippen LogP contribution in [0.2, 0.25) is 0 Å². The van der Waals surface area contributed by atoms with E-state index in [9.17, 15) is 9.59 Å². The summed E-state index contributed by atoms with van der Waals surface area (Å²) in [7, 11) is 0. The van der Waals surface area contributed by atoms with Crippen LogP contribution in [0, 0.1) is 12.8 Å². The SMILES string of the molecule is CCOC(=O)[C@H]1CCCN(C(=O)c2cnc(-c3ccccc3)nc2Oc2ccccc2C)C1. The Hall–Kier alpha value is -3.74. The first-order chi connectivity index (χ1) is 16.1. The molecule has 0 unspecified atom stereocenters. The molecule has 170 valence electrons. The molecule has 4 rings (SSSR count). The van der Waals surface area contributed by atoms with Crippen molar-refractivity contribution in [1.29, 1.82) is 0 Å². The highest BCUT2D eigenvalue weighted by Gasteiger charge is 2.31. The van der Waals surface area contributed by atoms with Crippen LogP contribution < -0.4 is 4.74 Å². The van der Waals surface area contributed by atoms with Gasteiger partial charge in [0.2, 0.25) is 5.88 Å². The molecule has 2 heterocycles. The Balaban J connectivity index is 1.67. The summed E-state index contributed by atoms with van der Waals surface area (Å²) in [6, 6.07) is 17.1. The number of hydrogen-bond donors (Lipinski definition) is 0. The van der Waals surface area contributed by atoms with E-state index in [0.717, 1.165) is 17.5 Å². The highest BCUT2D eigenvalue weighted by molar-refractivity contribution is 5.96. The third-order valence-electron chi connectivity index (χ3n) is 5.64. The van der Waals surface area contributed by atoms with Crippen LogP contribution in [-0.4, -0.2) is 46.4 Å². The number of nitrogens with zero attached hydrogens (tertiary/aromatic N) is 3. The Kier molecular flexibility index (Phi) is 6.98. The van der Waals surface area contributed by atoms with E-state index in [-0.39, 0.29) is 29.2 Å². The number of ether oxygens (including phenoxy) is 2. The van der Waals surface area contributed by atoms with Crippen LogP contribution in [0.1, 0.15) is 35.7 Å². The molecule has 1 atom stereocenters. The average molecular weight is 446 g/mol. The minimum Gasteiger partial charge on any atom is -0.466 e. The van der Waals surface area contributed by atoms with Gasteiger partial charge in [-0.25, -0.2) is 4.98 Å². The zero-order valence-electron chi connectivity index (χ0n) is 18.9. The summed E-state index contributed by atoms with van der Waals surface area (Å²) in [5.41, 5.74) is 2.02. The lowest BCUT2D eigenvalue weighted by atomic mass is 9.97. The predicted molar refractivity (Wildman–Crippen MR) is 124 cm³/mol. The molecule has 3 aromatic rings. The lowest BCUT2D eigenvalue weighted by Crippen LogP contribution is -2.43. The molecule has 0 radical (unpaired) electrons. The van der Waals surface area contributed by atoms with Crippen LogP contribution in [0.3, 0.4) is 0 Å². The number of aromatic nitrogens is 2. The van der Waals surface area contributed by atoms with Crippen molar-refractivity contribution in [1.82, 2.24) is 14.9 Å². The van der Waals surface area contributed by atoms with Gasteiger partial charge in [-0.2, -0.15) is 4.98 Å². The molecule has 1 saturated heterocycles. The number of rotatable bonds is 6. The van der Waals surface area contributed by atoms with E-state index in [4.69, 9.17) is 9.47 Å². The van der Waals surface area contributed by atoms with Gasteiger partial charge in [-0.3, -0.25) is 9.59 Å². The molecule has 1 aliphatic rings. The molecule has 0 spiro atoms. The number of aryl methyl sites for hydroxylation is 1. The van der Waals surface area contributed by atoms with Gasteiger partial charge in [0.1, 0.15) is 11.3 Å². The largest absolute Gasteiger partial charge is 0.466 e. The molecule has 1 fully saturated rings. The summed E-state index contributed by atoms with van der Waals surface area (Å²) in [5.74, 6) is 0.439. The van der Waals surface area contributed by atoms with Crippen molar-refractivity contribution >= 4 is 11.9 Å². The van der Waals surface area contributed by atoms with Crippen LogP contribution in [0.4, 0.5) is 0 Å². The van der Waals surface area contributed by atoms with E-state index in [1.807, 2.05) is 61.5 Å². The van der Waals surface area contributed by atoms with E-state index < -0.39 is 0 Å². The van der Waals surface area contributed by atoms with E-state index in [0.29, 0.717) is 37.7 Å². The first kappa shape index (κ1) is 22.5. The molecule has 2 aromatic carbocycles. The lowest BCUT2D eigenvalue weighted by molar-refractivity contribution is -0.149. The summed E-state index contributed by atoms with van der Waals surface area (Å²) in [6.45, 7) is 4.91. The van der Waals surface area contributed by atoms with E-state index in [2.05, 4.69) is 9.97 Å². The molecule has 1 aliphatic heterocycles. The minimum atomic E-state index is -0.326. The molecule has 0 N–H and O–H groups in total. The second-order valence-electron chi connectivity index (χ2n) is 7.99. The third-order valence-corrected chi connectivity index (χ3v) is 5.64. The van der Waals surface area contributed by atoms with E-state index >= 15 is 0 Å². The van der Waals surface area contributed by atoms with Crippen LogP contribution in [0.15, 0.2) is 60.8 Å². The van der Waals surface area contributed by atoms with E-state index in [1.165, 1.54) is 6.20 Å². The Morgan fingerprint density at radius 3 is 2.61 bits per heavy atom. The fraction of sp³-hybridized carbons (Fsp3) is 0.308. The maximum atomic E-state index is 13.5. The molecule has 33 heavy (non-hydrogen) atoms. The number of hydrogen-bond acceptors (Lipinski definition) is 6. The monoisotopic (exact) mass is 445 g/mol. The highest BCUT2D eigenvalue weighted by Crippen LogP contribution is 2.30. The number of esters is 1. The van der Waals surface area contributed by atoms with Gasteiger partial charge < -0.3 is 14.4 Å². The normalized spacial score (nSPS) is 15.7. The number of carbonyl (C=O) groups excluding carboxylic acids is 2. The van der Waals surface area contributed by atoms with Crippen LogP contribution in [-0.2, 0) is 9.53 Å². The number of benzene rings is 2. The van der Waals surface area contributed by atoms with Gasteiger partial charge in [-0.1, -0.05) is 48.5 Å². The van der Waals surface area contributed by atoms with Crippen LogP contribution in [0.5, 0.6) is 11.6 Å². The molecule has 0 aliphatic carbocycles. The van der Waals surface area contributed by atoms with Gasteiger partial charge >= 0.3 is 5.97 Å². The van der Waals surface area contributed by atoms with Gasteiger partial charge in [-0.15, -0.1) is 0 Å². The molecule has 0 bridgehead atoms. The fourth-order valence-corrected chi connectivity index (χ4v) is 3.88. The third kappa shape index (κ3) is 5.19. The molecule has 0 saturated carbocycles. The smallest absolute Gasteiger partial charge is 0.310 e. The van der Waals surface area contributed by atoms with Crippen molar-refractivity contribution in [3.8, 4) is 23.0 Å². The second-order valence-corrected chi connectivity index (χ2v) is 7.99. The number of para-hydroxylation sites is 1. The number of amides is 1. The van der Waals surface area contributed by atoms with Crippen LogP contribution in [0.25, 0.3) is 11.4 Å². The Labute approximate surface area is 193 Å². The number of carbonyl (C=O) groups is 2. The standard InChI is InChI=1S/C26H27N3O4/c1-3-32-26(31)20-13-9-15-29(17-20)25(30)21-16-27-23(19-11-5-4-6-12-19)28-24(21)33-22-14-8-7-10-18(22)2/h4-8,10-12,14,16,20H,3,9,13,15,17H2,1-2H3/t20-/m0/s1. The van der Waals surface area contributed by atoms with Gasteiger partial charge in [0, 0.05) is 24.8 Å². The topological polar surface area (TPSA) is 81.6 Å². The van der Waals surface area contributed by atoms with Crippen molar-refractivity contribution in [3.05, 3.63) is 71.9 Å². The number of likely N-dealkylation sites (tertiary alicyclic amines) is 1. The molecule has 1 aromatic heterocycles. The molecular formula is C26H27N3O4. The Morgan fingerprint density at radius 1 is 1.09 bits per heavy atom. The minimum absolute atomic E-state index is 0.196. The Bertz CT molecular complexity index is 1130. The second kappa shape index (κ2) is 10.3. The summed E-state index contributed by atoms with van der Waals surface area (Å²) in [5, 5.41) is 0. The first-order valence-electron chi connectivity index (χ1n) is 11.2. The van der Waals surface area contributed by atoms with Gasteiger partial charge in [0.15, 0.2) is 5.82 Å². The van der Waals surface area contributed by atoms with Crippen molar-refractivity contribution in [2.45, 2.75) is 26.7 Å². The van der Waals surface area contributed by atoms with Gasteiger partial charge in [0.05, 0.1) is 12.5 Å². The Morgan fingerprint density at radius 2 is 1.85 bits per heavy atom. The summed E-state index contributed by atoms with van der Waals surface area (Å²) in [4.78, 5) is 36.4. The zero-order chi connectivity index (χ0) is 23.2. The molecular weight excluding hydrogens is 418 g/mol. The maximum absolute atomic E-state index is 13.5. The van der Waals surface area contributed by atoms with Gasteiger partial charge in [0.25, 0.3) is 5.91 Å². The quantitative estimate of drug-likeness (QED) is 0.514. The summed E-state index contributed by atoms with van der Waals surface area (Å²) in [6.07, 6.45) is 2.95. The summed E-state index contributed by atoms with van der Waals surface area (Å²) >= 11 is 0. The molecule has 1 amide bonds. The molecule has 7 nitrogen and oxygen atoms in total. The predicted octanol–water partition coefficient (Wildman–Crippen LogP) is 4.66. The average Bonchev–Trinajstić information content (AvgIpc) is 2.86. The lowest BCUT2D eigenvalue weighted by Gasteiger charge is -2.31. The van der Waals surface area contributed by atoms with Crippen molar-refractivity contribution < 1.29 is 19.1 Å². The van der Waals surface area contributed by atoms with Gasteiger partial charge in [-0.05, 0) is 38.3 Å². The first-order valence-corrected chi connectivity index (χ1v) is 11.2. The van der Waals surface area contributed by atoms with Crippen molar-refractivity contribution in [2.24, 2.45) is 5.92 Å². The maximum Gasteiger partial charge on any atom is 0.310 e. The fourth-order valence-electron chi connectivity index (χ4n) is 3.88. The summed E-state index contributed by atoms with van der Waals surface area (Å²) < 4.78 is 11.3. The zero-order valence-corrected chi connectivity index (χ0v) is 18.9. The van der Waals surface area contributed by atoms with Crippen molar-refractivity contribution in [2.75, 3.05) is 19.7 Å². The number of piperidine rings is 1. The highest BCUT2D eigenvalue weighted by atomic mass is 16.5. The van der Waals surface area contributed by atoms with E-state index in [1.54, 1.807) is 11.8 Å². The molecule has 7 heteroatoms. The van der Waals surface area contributed by atoms with Crippen LogP contribution >= 0.6 is 0 Å².